The molecule has 3 aromatic rings. The second-order valence-corrected chi connectivity index (χ2v) is 6.06. The van der Waals surface area contributed by atoms with E-state index in [1.807, 2.05) is 36.6 Å². The van der Waals surface area contributed by atoms with Crippen LogP contribution in [-0.4, -0.2) is 29.3 Å². The van der Waals surface area contributed by atoms with Crippen LogP contribution in [0.2, 0.25) is 0 Å². The van der Waals surface area contributed by atoms with Crippen molar-refractivity contribution >= 4 is 39.3 Å². The molecule has 0 N–H and O–H groups in total. The number of ether oxygens (including phenoxy) is 1. The summed E-state index contributed by atoms with van der Waals surface area (Å²) < 4.78 is 5.78. The average Bonchev–Trinajstić information content (AvgIpc) is 2.93. The van der Waals surface area contributed by atoms with E-state index in [9.17, 15) is 4.79 Å². The van der Waals surface area contributed by atoms with Crippen molar-refractivity contribution in [2.45, 2.75) is 5.16 Å². The molecule has 0 saturated carbocycles. The van der Waals surface area contributed by atoms with Crippen molar-refractivity contribution < 1.29 is 9.53 Å². The van der Waals surface area contributed by atoms with Crippen molar-refractivity contribution in [1.29, 1.82) is 0 Å². The Morgan fingerprint density at radius 3 is 2.71 bits per heavy atom. The molecule has 3 rings (SSSR count). The molecule has 4 nitrogen and oxygen atoms in total. The maximum Gasteiger partial charge on any atom is 0.348 e. The summed E-state index contributed by atoms with van der Waals surface area (Å²) in [4.78, 5) is 21.5. The van der Waals surface area contributed by atoms with Crippen LogP contribution in [0.1, 0.15) is 9.67 Å². The Morgan fingerprint density at radius 1 is 1.29 bits per heavy atom. The van der Waals surface area contributed by atoms with Crippen LogP contribution in [0.15, 0.2) is 41.7 Å². The normalized spacial score (nSPS) is 10.8. The van der Waals surface area contributed by atoms with Crippen molar-refractivity contribution in [3.63, 3.8) is 0 Å². The standard InChI is InChI=1S/C15H12N2O2S2/c1-19-14(18)13-11(9-6-4-3-5-7-9)12-10(21-13)8-16-15(17-12)20-2/h3-8H,1-2H3. The summed E-state index contributed by atoms with van der Waals surface area (Å²) in [5.74, 6) is -0.345. The van der Waals surface area contributed by atoms with Crippen LogP contribution in [0.3, 0.4) is 0 Å². The van der Waals surface area contributed by atoms with Gasteiger partial charge in [0.15, 0.2) is 5.16 Å². The van der Waals surface area contributed by atoms with E-state index < -0.39 is 0 Å². The molecule has 1 aromatic carbocycles. The Labute approximate surface area is 130 Å². The van der Waals surface area contributed by atoms with Gasteiger partial charge in [0.05, 0.1) is 17.3 Å². The Bertz CT molecular complexity index is 800. The number of rotatable bonds is 3. The minimum Gasteiger partial charge on any atom is -0.465 e. The molecule has 0 radical (unpaired) electrons. The quantitative estimate of drug-likeness (QED) is 0.417. The van der Waals surface area contributed by atoms with Crippen molar-refractivity contribution in [1.82, 2.24) is 9.97 Å². The topological polar surface area (TPSA) is 52.1 Å². The molecule has 2 heterocycles. The lowest BCUT2D eigenvalue weighted by atomic mass is 10.1. The van der Waals surface area contributed by atoms with Gasteiger partial charge in [0, 0.05) is 11.8 Å². The smallest absolute Gasteiger partial charge is 0.348 e. The highest BCUT2D eigenvalue weighted by Gasteiger charge is 2.21. The summed E-state index contributed by atoms with van der Waals surface area (Å²) in [6.45, 7) is 0. The number of nitrogens with zero attached hydrogens (tertiary/aromatic N) is 2. The Kier molecular flexibility index (Phi) is 3.90. The number of esters is 1. The number of benzene rings is 1. The monoisotopic (exact) mass is 316 g/mol. The zero-order valence-electron chi connectivity index (χ0n) is 11.5. The van der Waals surface area contributed by atoms with Crippen LogP contribution in [0.25, 0.3) is 21.3 Å². The van der Waals surface area contributed by atoms with Gasteiger partial charge < -0.3 is 4.74 Å². The molecule has 0 amide bonds. The molecule has 21 heavy (non-hydrogen) atoms. The molecular formula is C15H12N2O2S2. The van der Waals surface area contributed by atoms with Crippen molar-refractivity contribution in [2.75, 3.05) is 13.4 Å². The highest BCUT2D eigenvalue weighted by molar-refractivity contribution is 7.98. The third-order valence-corrected chi connectivity index (χ3v) is 4.68. The first-order valence-electron chi connectivity index (χ1n) is 6.22. The number of thioether (sulfide) groups is 1. The zero-order chi connectivity index (χ0) is 14.8. The molecule has 0 saturated heterocycles. The Balaban J connectivity index is 2.33. The van der Waals surface area contributed by atoms with Crippen molar-refractivity contribution in [3.05, 3.63) is 41.4 Å². The fourth-order valence-corrected chi connectivity index (χ4v) is 3.48. The van der Waals surface area contributed by atoms with Crippen molar-refractivity contribution in [2.24, 2.45) is 0 Å². The lowest BCUT2D eigenvalue weighted by Crippen LogP contribution is -2.00. The maximum atomic E-state index is 12.1. The highest BCUT2D eigenvalue weighted by atomic mass is 32.2. The Hall–Kier alpha value is -1.92. The van der Waals surface area contributed by atoms with Gasteiger partial charge >= 0.3 is 5.97 Å². The highest BCUT2D eigenvalue weighted by Crippen LogP contribution is 2.38. The molecule has 0 aliphatic carbocycles. The van der Waals surface area contributed by atoms with E-state index >= 15 is 0 Å². The predicted molar refractivity (Wildman–Crippen MR) is 86.0 cm³/mol. The van der Waals surface area contributed by atoms with Gasteiger partial charge in [0.25, 0.3) is 0 Å². The summed E-state index contributed by atoms with van der Waals surface area (Å²) in [5.41, 5.74) is 2.57. The number of hydrogen-bond donors (Lipinski definition) is 0. The molecule has 0 aliphatic rings. The molecule has 6 heteroatoms. The van der Waals surface area contributed by atoms with E-state index in [2.05, 4.69) is 9.97 Å². The molecule has 0 atom stereocenters. The van der Waals surface area contributed by atoms with Crippen molar-refractivity contribution in [3.8, 4) is 11.1 Å². The van der Waals surface area contributed by atoms with Crippen LogP contribution in [0.5, 0.6) is 0 Å². The maximum absolute atomic E-state index is 12.1. The van der Waals surface area contributed by atoms with Gasteiger partial charge in [-0.25, -0.2) is 14.8 Å². The van der Waals surface area contributed by atoms with Gasteiger partial charge in [-0.15, -0.1) is 11.3 Å². The second kappa shape index (κ2) is 5.83. The molecule has 106 valence electrons. The summed E-state index contributed by atoms with van der Waals surface area (Å²) >= 11 is 2.84. The van der Waals surface area contributed by atoms with Gasteiger partial charge in [-0.05, 0) is 11.8 Å². The zero-order valence-corrected chi connectivity index (χ0v) is 13.1. The minimum atomic E-state index is -0.345. The van der Waals surface area contributed by atoms with Crippen LogP contribution in [0, 0.1) is 0 Å². The summed E-state index contributed by atoms with van der Waals surface area (Å²) in [6, 6.07) is 9.76. The number of thiophene rings is 1. The van der Waals surface area contributed by atoms with E-state index in [1.165, 1.54) is 30.2 Å². The summed E-state index contributed by atoms with van der Waals surface area (Å²) in [7, 11) is 1.39. The van der Waals surface area contributed by atoms with Crippen LogP contribution < -0.4 is 0 Å². The van der Waals surface area contributed by atoms with E-state index in [-0.39, 0.29) is 5.97 Å². The molecular weight excluding hydrogens is 304 g/mol. The first kappa shape index (κ1) is 14.0. The molecule has 0 spiro atoms. The molecule has 0 unspecified atom stereocenters. The molecule has 0 bridgehead atoms. The lowest BCUT2D eigenvalue weighted by molar-refractivity contribution is 0.0607. The van der Waals surface area contributed by atoms with E-state index in [0.29, 0.717) is 10.0 Å². The van der Waals surface area contributed by atoms with Crippen LogP contribution in [-0.2, 0) is 4.74 Å². The minimum absolute atomic E-state index is 0.345. The van der Waals surface area contributed by atoms with Gasteiger partial charge in [-0.3, -0.25) is 0 Å². The largest absolute Gasteiger partial charge is 0.465 e. The summed E-state index contributed by atoms with van der Waals surface area (Å²) in [5, 5.41) is 0.689. The van der Waals surface area contributed by atoms with Crippen LogP contribution >= 0.6 is 23.1 Å². The van der Waals surface area contributed by atoms with E-state index in [4.69, 9.17) is 4.74 Å². The van der Waals surface area contributed by atoms with Gasteiger partial charge in [-0.1, -0.05) is 42.1 Å². The number of carbonyl (C=O) groups excluding carboxylic acids is 1. The number of methoxy groups -OCH3 is 1. The van der Waals surface area contributed by atoms with E-state index in [1.54, 1.807) is 6.20 Å². The number of hydrogen-bond acceptors (Lipinski definition) is 6. The Morgan fingerprint density at radius 2 is 2.05 bits per heavy atom. The number of aromatic nitrogens is 2. The number of fused-ring (bicyclic) bond motifs is 1. The molecule has 0 fully saturated rings. The third kappa shape index (κ3) is 2.52. The molecule has 2 aromatic heterocycles. The van der Waals surface area contributed by atoms with Crippen LogP contribution in [0.4, 0.5) is 0 Å². The third-order valence-electron chi connectivity index (χ3n) is 3.02. The van der Waals surface area contributed by atoms with Gasteiger partial charge in [0.2, 0.25) is 0 Å². The van der Waals surface area contributed by atoms with Gasteiger partial charge in [0.1, 0.15) is 4.88 Å². The first-order chi connectivity index (χ1) is 10.2. The number of carbonyl (C=O) groups is 1. The second-order valence-electron chi connectivity index (χ2n) is 4.23. The lowest BCUT2D eigenvalue weighted by Gasteiger charge is -2.03. The van der Waals surface area contributed by atoms with Gasteiger partial charge in [-0.2, -0.15) is 0 Å². The van der Waals surface area contributed by atoms with E-state index in [0.717, 1.165) is 21.3 Å². The average molecular weight is 316 g/mol. The fraction of sp³-hybridized carbons (Fsp3) is 0.133. The first-order valence-corrected chi connectivity index (χ1v) is 8.26. The fourth-order valence-electron chi connectivity index (χ4n) is 2.08. The predicted octanol–water partition coefficient (Wildman–Crippen LogP) is 3.87. The SMILES string of the molecule is COC(=O)c1sc2cnc(SC)nc2c1-c1ccccc1. The summed E-state index contributed by atoms with van der Waals surface area (Å²) in [6.07, 6.45) is 3.69. The molecule has 0 aliphatic heterocycles.